The number of rotatable bonds is 7. The van der Waals surface area contributed by atoms with Gasteiger partial charge >= 0.3 is 5.97 Å². The minimum atomic E-state index is -0.815. The molecule has 0 radical (unpaired) electrons. The van der Waals surface area contributed by atoms with Gasteiger partial charge in [-0.3, -0.25) is 14.5 Å². The highest BCUT2D eigenvalue weighted by Gasteiger charge is 2.46. The van der Waals surface area contributed by atoms with Gasteiger partial charge in [-0.2, -0.15) is 0 Å². The van der Waals surface area contributed by atoms with Gasteiger partial charge < -0.3 is 15.2 Å². The van der Waals surface area contributed by atoms with E-state index in [-0.39, 0.29) is 23.9 Å². The van der Waals surface area contributed by atoms with Crippen molar-refractivity contribution in [2.24, 2.45) is 17.3 Å². The maximum Gasteiger partial charge on any atom is 0.317 e. The van der Waals surface area contributed by atoms with Crippen molar-refractivity contribution in [3.8, 4) is 0 Å². The van der Waals surface area contributed by atoms with E-state index in [2.05, 4.69) is 19.2 Å². The highest BCUT2D eigenvalue weighted by atomic mass is 16.5. The first kappa shape index (κ1) is 17.2. The highest BCUT2D eigenvalue weighted by Crippen LogP contribution is 2.41. The quantitative estimate of drug-likeness (QED) is 0.732. The minimum Gasteiger partial charge on any atom is -0.480 e. The molecule has 1 aliphatic heterocycles. The van der Waals surface area contributed by atoms with Crippen molar-refractivity contribution < 1.29 is 19.4 Å². The Kier molecular flexibility index (Phi) is 5.45. The maximum absolute atomic E-state index is 12.7. The van der Waals surface area contributed by atoms with Gasteiger partial charge in [0.25, 0.3) is 0 Å². The molecule has 2 aliphatic rings. The number of carboxylic acid groups (broad SMARTS) is 1. The van der Waals surface area contributed by atoms with Gasteiger partial charge in [0.15, 0.2) is 0 Å². The van der Waals surface area contributed by atoms with Crippen LogP contribution in [0.5, 0.6) is 0 Å². The van der Waals surface area contributed by atoms with Crippen LogP contribution in [-0.2, 0) is 14.3 Å². The number of hydrogen-bond acceptors (Lipinski definition) is 4. The van der Waals surface area contributed by atoms with Crippen LogP contribution in [0.4, 0.5) is 0 Å². The molecule has 1 amide bonds. The molecule has 0 aromatic carbocycles. The lowest BCUT2D eigenvalue weighted by Gasteiger charge is -2.40. The van der Waals surface area contributed by atoms with E-state index in [1.165, 1.54) is 0 Å². The zero-order valence-corrected chi connectivity index (χ0v) is 13.8. The Morgan fingerprint density at radius 1 is 1.36 bits per heavy atom. The first-order chi connectivity index (χ1) is 10.4. The lowest BCUT2D eigenvalue weighted by molar-refractivity contribution is -0.141. The Hall–Kier alpha value is -1.14. The van der Waals surface area contributed by atoms with Crippen LogP contribution in [0.3, 0.4) is 0 Å². The van der Waals surface area contributed by atoms with Crippen molar-refractivity contribution in [3.05, 3.63) is 0 Å². The molecule has 1 saturated heterocycles. The number of nitrogens with one attached hydrogen (secondary N) is 1. The van der Waals surface area contributed by atoms with E-state index in [9.17, 15) is 9.59 Å². The number of methoxy groups -OCH3 is 1. The minimum absolute atomic E-state index is 0.0289. The molecular weight excluding hydrogens is 284 g/mol. The number of carbonyl (C=O) groups excluding carboxylic acids is 1. The van der Waals surface area contributed by atoms with Crippen LogP contribution < -0.4 is 5.32 Å². The molecule has 0 spiro atoms. The molecule has 0 aromatic rings. The van der Waals surface area contributed by atoms with Crippen LogP contribution >= 0.6 is 0 Å². The van der Waals surface area contributed by atoms with Crippen molar-refractivity contribution in [1.82, 2.24) is 10.2 Å². The van der Waals surface area contributed by atoms with Crippen molar-refractivity contribution in [3.63, 3.8) is 0 Å². The Morgan fingerprint density at radius 3 is 2.50 bits per heavy atom. The molecule has 2 fully saturated rings. The van der Waals surface area contributed by atoms with E-state index in [1.54, 1.807) is 7.11 Å². The van der Waals surface area contributed by atoms with E-state index in [0.29, 0.717) is 25.0 Å². The summed E-state index contributed by atoms with van der Waals surface area (Å²) in [6, 6.07) is 0.0289. The van der Waals surface area contributed by atoms with Gasteiger partial charge in [0, 0.05) is 26.2 Å². The van der Waals surface area contributed by atoms with Gasteiger partial charge in [0.1, 0.15) is 0 Å². The molecule has 2 N–H and O–H groups in total. The van der Waals surface area contributed by atoms with Crippen LogP contribution in [0.15, 0.2) is 0 Å². The van der Waals surface area contributed by atoms with E-state index in [4.69, 9.17) is 9.84 Å². The number of carbonyl (C=O) groups is 2. The molecule has 1 saturated carbocycles. The monoisotopic (exact) mass is 312 g/mol. The molecule has 22 heavy (non-hydrogen) atoms. The van der Waals surface area contributed by atoms with Gasteiger partial charge in [-0.1, -0.05) is 20.3 Å². The first-order valence-electron chi connectivity index (χ1n) is 8.12. The molecule has 6 nitrogen and oxygen atoms in total. The molecule has 126 valence electrons. The summed E-state index contributed by atoms with van der Waals surface area (Å²) in [7, 11) is 1.63. The number of amides is 1. The van der Waals surface area contributed by atoms with Crippen LogP contribution in [0.2, 0.25) is 0 Å². The Morgan fingerprint density at radius 2 is 2.05 bits per heavy atom. The predicted molar refractivity (Wildman–Crippen MR) is 82.5 cm³/mol. The van der Waals surface area contributed by atoms with Crippen molar-refractivity contribution >= 4 is 11.9 Å². The standard InChI is InChI=1S/C16H28N2O4/c1-11(2)12-7-18(9-14(19)20)8-13(12)17-15(21)16(10-22-3)5-4-6-16/h11-13H,4-10H2,1-3H3,(H,17,21)(H,19,20)/t12-,13+/m1/s1. The maximum atomic E-state index is 12.7. The second kappa shape index (κ2) is 6.96. The molecule has 0 unspecified atom stereocenters. The second-order valence-electron chi connectivity index (χ2n) is 7.14. The molecule has 0 aromatic heterocycles. The molecule has 1 aliphatic carbocycles. The Labute approximate surface area is 132 Å². The van der Waals surface area contributed by atoms with E-state index in [1.807, 2.05) is 4.90 Å². The largest absolute Gasteiger partial charge is 0.480 e. The summed E-state index contributed by atoms with van der Waals surface area (Å²) in [4.78, 5) is 25.5. The van der Waals surface area contributed by atoms with Gasteiger partial charge in [-0.25, -0.2) is 0 Å². The fraction of sp³-hybridized carbons (Fsp3) is 0.875. The zero-order valence-electron chi connectivity index (χ0n) is 13.8. The lowest BCUT2D eigenvalue weighted by Crippen LogP contribution is -2.53. The summed E-state index contributed by atoms with van der Waals surface area (Å²) in [6.45, 7) is 6.11. The Balaban J connectivity index is 1.99. The highest BCUT2D eigenvalue weighted by molar-refractivity contribution is 5.84. The molecule has 2 atom stereocenters. The Bertz CT molecular complexity index is 420. The summed E-state index contributed by atoms with van der Waals surface area (Å²) in [5.41, 5.74) is -0.365. The molecule has 1 heterocycles. The summed E-state index contributed by atoms with van der Waals surface area (Å²) in [5.74, 6) is -0.0374. The van der Waals surface area contributed by atoms with Crippen LogP contribution in [0, 0.1) is 17.3 Å². The second-order valence-corrected chi connectivity index (χ2v) is 7.14. The summed E-state index contributed by atoms with van der Waals surface area (Å²) in [5, 5.41) is 12.2. The number of likely N-dealkylation sites (tertiary alicyclic amines) is 1. The number of aliphatic carboxylic acids is 1. The smallest absolute Gasteiger partial charge is 0.317 e. The summed E-state index contributed by atoms with van der Waals surface area (Å²) < 4.78 is 5.23. The van der Waals surface area contributed by atoms with Gasteiger partial charge in [-0.15, -0.1) is 0 Å². The lowest BCUT2D eigenvalue weighted by atomic mass is 9.68. The third kappa shape index (κ3) is 3.60. The number of carboxylic acids is 1. The normalized spacial score (nSPS) is 27.6. The fourth-order valence-electron chi connectivity index (χ4n) is 3.70. The van der Waals surface area contributed by atoms with Crippen molar-refractivity contribution in [2.45, 2.75) is 39.2 Å². The number of nitrogens with zero attached hydrogens (tertiary/aromatic N) is 1. The van der Waals surface area contributed by atoms with Gasteiger partial charge in [0.2, 0.25) is 5.91 Å². The van der Waals surface area contributed by atoms with Crippen LogP contribution in [-0.4, -0.2) is 61.3 Å². The number of hydrogen-bond donors (Lipinski definition) is 2. The molecular formula is C16H28N2O4. The van der Waals surface area contributed by atoms with Gasteiger partial charge in [0.05, 0.1) is 18.6 Å². The predicted octanol–water partition coefficient (Wildman–Crippen LogP) is 0.960. The van der Waals surface area contributed by atoms with Gasteiger partial charge in [-0.05, 0) is 24.7 Å². The SMILES string of the molecule is COCC1(C(=O)N[C@H]2CN(CC(=O)O)C[C@@H]2C(C)C)CCC1. The average Bonchev–Trinajstić information content (AvgIpc) is 2.75. The third-order valence-electron chi connectivity index (χ3n) is 5.19. The van der Waals surface area contributed by atoms with E-state index < -0.39 is 5.97 Å². The molecule has 0 bridgehead atoms. The molecule has 2 rings (SSSR count). The average molecular weight is 312 g/mol. The van der Waals surface area contributed by atoms with Crippen LogP contribution in [0.1, 0.15) is 33.1 Å². The third-order valence-corrected chi connectivity index (χ3v) is 5.19. The van der Waals surface area contributed by atoms with Crippen molar-refractivity contribution in [2.75, 3.05) is 33.4 Å². The zero-order chi connectivity index (χ0) is 16.3. The fourth-order valence-corrected chi connectivity index (χ4v) is 3.70. The topological polar surface area (TPSA) is 78.9 Å². The summed E-state index contributed by atoms with van der Waals surface area (Å²) >= 11 is 0. The summed E-state index contributed by atoms with van der Waals surface area (Å²) in [6.07, 6.45) is 2.83. The first-order valence-corrected chi connectivity index (χ1v) is 8.12. The van der Waals surface area contributed by atoms with Crippen LogP contribution in [0.25, 0.3) is 0 Å². The van der Waals surface area contributed by atoms with E-state index in [0.717, 1.165) is 25.8 Å². The van der Waals surface area contributed by atoms with E-state index >= 15 is 0 Å². The molecule has 6 heteroatoms. The number of ether oxygens (including phenoxy) is 1. The van der Waals surface area contributed by atoms with Crippen molar-refractivity contribution in [1.29, 1.82) is 0 Å².